The van der Waals surface area contributed by atoms with E-state index in [-0.39, 0.29) is 5.82 Å². The van der Waals surface area contributed by atoms with Crippen LogP contribution in [0.5, 0.6) is 0 Å². The first-order chi connectivity index (χ1) is 8.63. The van der Waals surface area contributed by atoms with Gasteiger partial charge in [0.25, 0.3) is 0 Å². The van der Waals surface area contributed by atoms with Gasteiger partial charge in [-0.25, -0.2) is 4.39 Å². The van der Waals surface area contributed by atoms with E-state index >= 15 is 0 Å². The van der Waals surface area contributed by atoms with Gasteiger partial charge in [0.1, 0.15) is 5.82 Å². The highest BCUT2D eigenvalue weighted by Gasteiger charge is 2.11. The molecule has 1 aromatic rings. The van der Waals surface area contributed by atoms with Crippen molar-refractivity contribution in [2.45, 2.75) is 52.5 Å². The third-order valence-electron chi connectivity index (χ3n) is 3.17. The quantitative estimate of drug-likeness (QED) is 0.706. The van der Waals surface area contributed by atoms with Crippen molar-refractivity contribution in [1.29, 1.82) is 0 Å². The molecule has 0 bridgehead atoms. The van der Waals surface area contributed by atoms with Crippen molar-refractivity contribution in [3.05, 3.63) is 35.6 Å². The van der Waals surface area contributed by atoms with Crippen molar-refractivity contribution in [1.82, 2.24) is 5.32 Å². The first kappa shape index (κ1) is 15.2. The summed E-state index contributed by atoms with van der Waals surface area (Å²) in [6.07, 6.45) is 4.62. The minimum atomic E-state index is -0.139. The molecule has 0 saturated carbocycles. The van der Waals surface area contributed by atoms with Gasteiger partial charge in [0.2, 0.25) is 0 Å². The van der Waals surface area contributed by atoms with Crippen LogP contribution < -0.4 is 5.32 Å². The van der Waals surface area contributed by atoms with Gasteiger partial charge in [-0.05, 0) is 43.0 Å². The molecule has 1 aromatic carbocycles. The van der Waals surface area contributed by atoms with E-state index in [1.165, 1.54) is 18.9 Å². The van der Waals surface area contributed by atoms with Crippen LogP contribution in [0.25, 0.3) is 0 Å². The summed E-state index contributed by atoms with van der Waals surface area (Å²) in [4.78, 5) is 0. The molecule has 0 amide bonds. The average molecular weight is 251 g/mol. The first-order valence-corrected chi connectivity index (χ1v) is 7.12. The van der Waals surface area contributed by atoms with Gasteiger partial charge >= 0.3 is 0 Å². The Morgan fingerprint density at radius 1 is 1.22 bits per heavy atom. The molecule has 0 radical (unpaired) electrons. The lowest BCUT2D eigenvalue weighted by Gasteiger charge is -2.19. The summed E-state index contributed by atoms with van der Waals surface area (Å²) >= 11 is 0. The predicted octanol–water partition coefficient (Wildman–Crippen LogP) is 4.69. The molecule has 0 fully saturated rings. The Morgan fingerprint density at radius 3 is 2.61 bits per heavy atom. The van der Waals surface area contributed by atoms with Crippen molar-refractivity contribution in [2.24, 2.45) is 5.92 Å². The average Bonchev–Trinajstić information content (AvgIpc) is 2.33. The monoisotopic (exact) mass is 251 g/mol. The molecule has 1 atom stereocenters. The highest BCUT2D eigenvalue weighted by atomic mass is 19.1. The lowest BCUT2D eigenvalue weighted by molar-refractivity contribution is 0.446. The fourth-order valence-electron chi connectivity index (χ4n) is 2.16. The molecular formula is C16H26FN. The minimum Gasteiger partial charge on any atom is -0.310 e. The summed E-state index contributed by atoms with van der Waals surface area (Å²) in [7, 11) is 0. The normalized spacial score (nSPS) is 12.9. The maximum absolute atomic E-state index is 13.3. The summed E-state index contributed by atoms with van der Waals surface area (Å²) in [6, 6.07) is 7.27. The van der Waals surface area contributed by atoms with Gasteiger partial charge in [0.05, 0.1) is 0 Å². The van der Waals surface area contributed by atoms with E-state index in [1.54, 1.807) is 12.1 Å². The Morgan fingerprint density at radius 2 is 2.00 bits per heavy atom. The van der Waals surface area contributed by atoms with Crippen LogP contribution in [-0.2, 0) is 0 Å². The molecule has 2 heteroatoms. The molecule has 0 aliphatic heterocycles. The molecule has 0 aliphatic rings. The van der Waals surface area contributed by atoms with Crippen LogP contribution in [0.4, 0.5) is 4.39 Å². The smallest absolute Gasteiger partial charge is 0.123 e. The number of rotatable bonds is 8. The first-order valence-electron chi connectivity index (χ1n) is 7.12. The maximum atomic E-state index is 13.3. The standard InChI is InChI=1S/C16H26FN/c1-4-11-18-16(10-5-7-13(2)3)14-8-6-9-15(17)12-14/h6,8-9,12-13,16,18H,4-5,7,10-11H2,1-3H3. The van der Waals surface area contributed by atoms with Crippen molar-refractivity contribution < 1.29 is 4.39 Å². The molecule has 18 heavy (non-hydrogen) atoms. The largest absolute Gasteiger partial charge is 0.310 e. The van der Waals surface area contributed by atoms with Crippen LogP contribution in [0.3, 0.4) is 0 Å². The molecule has 0 aliphatic carbocycles. The van der Waals surface area contributed by atoms with Crippen LogP contribution in [0.1, 0.15) is 58.1 Å². The summed E-state index contributed by atoms with van der Waals surface area (Å²) in [5.41, 5.74) is 1.08. The maximum Gasteiger partial charge on any atom is 0.123 e. The number of nitrogens with one attached hydrogen (secondary N) is 1. The molecule has 1 N–H and O–H groups in total. The van der Waals surface area contributed by atoms with Crippen LogP contribution in [0.2, 0.25) is 0 Å². The van der Waals surface area contributed by atoms with Crippen molar-refractivity contribution in [3.8, 4) is 0 Å². The lowest BCUT2D eigenvalue weighted by Crippen LogP contribution is -2.22. The second kappa shape index (κ2) is 8.25. The highest BCUT2D eigenvalue weighted by Crippen LogP contribution is 2.21. The third-order valence-corrected chi connectivity index (χ3v) is 3.17. The Bertz CT molecular complexity index is 336. The Kier molecular flexibility index (Phi) is 6.96. The SMILES string of the molecule is CCCNC(CCCC(C)C)c1cccc(F)c1. The molecule has 0 spiro atoms. The summed E-state index contributed by atoms with van der Waals surface area (Å²) in [6.45, 7) is 7.64. The topological polar surface area (TPSA) is 12.0 Å². The number of halogens is 1. The molecule has 0 heterocycles. The van der Waals surface area contributed by atoms with Crippen molar-refractivity contribution >= 4 is 0 Å². The van der Waals surface area contributed by atoms with E-state index in [0.29, 0.717) is 6.04 Å². The van der Waals surface area contributed by atoms with Gasteiger partial charge in [-0.2, -0.15) is 0 Å². The minimum absolute atomic E-state index is 0.139. The fourth-order valence-corrected chi connectivity index (χ4v) is 2.16. The van der Waals surface area contributed by atoms with Crippen LogP contribution in [0.15, 0.2) is 24.3 Å². The number of benzene rings is 1. The second-order valence-corrected chi connectivity index (χ2v) is 5.39. The Hall–Kier alpha value is -0.890. The molecule has 1 unspecified atom stereocenters. The van der Waals surface area contributed by atoms with Gasteiger partial charge in [0.15, 0.2) is 0 Å². The van der Waals surface area contributed by atoms with E-state index in [0.717, 1.165) is 30.9 Å². The molecule has 102 valence electrons. The van der Waals surface area contributed by atoms with E-state index in [9.17, 15) is 4.39 Å². The van der Waals surface area contributed by atoms with E-state index in [1.807, 2.05) is 6.07 Å². The Labute approximate surface area is 111 Å². The van der Waals surface area contributed by atoms with E-state index in [4.69, 9.17) is 0 Å². The van der Waals surface area contributed by atoms with E-state index in [2.05, 4.69) is 26.1 Å². The zero-order valence-electron chi connectivity index (χ0n) is 11.9. The van der Waals surface area contributed by atoms with Gasteiger partial charge in [-0.15, -0.1) is 0 Å². The van der Waals surface area contributed by atoms with Gasteiger partial charge in [0, 0.05) is 6.04 Å². The molecule has 1 nitrogen and oxygen atoms in total. The summed E-state index contributed by atoms with van der Waals surface area (Å²) < 4.78 is 13.3. The number of hydrogen-bond acceptors (Lipinski definition) is 1. The van der Waals surface area contributed by atoms with Crippen LogP contribution in [-0.4, -0.2) is 6.54 Å². The molecular weight excluding hydrogens is 225 g/mol. The van der Waals surface area contributed by atoms with E-state index < -0.39 is 0 Å². The van der Waals surface area contributed by atoms with Crippen molar-refractivity contribution in [3.63, 3.8) is 0 Å². The second-order valence-electron chi connectivity index (χ2n) is 5.39. The predicted molar refractivity (Wildman–Crippen MR) is 76.1 cm³/mol. The van der Waals surface area contributed by atoms with Gasteiger partial charge in [-0.3, -0.25) is 0 Å². The fraction of sp³-hybridized carbons (Fsp3) is 0.625. The Balaban J connectivity index is 2.59. The van der Waals surface area contributed by atoms with Gasteiger partial charge in [-0.1, -0.05) is 45.7 Å². The molecule has 0 aromatic heterocycles. The van der Waals surface area contributed by atoms with Crippen molar-refractivity contribution in [2.75, 3.05) is 6.54 Å². The van der Waals surface area contributed by atoms with Crippen LogP contribution >= 0.6 is 0 Å². The van der Waals surface area contributed by atoms with Crippen LogP contribution in [0, 0.1) is 11.7 Å². The number of hydrogen-bond donors (Lipinski definition) is 1. The molecule has 0 saturated heterocycles. The zero-order valence-corrected chi connectivity index (χ0v) is 11.9. The summed E-state index contributed by atoms with van der Waals surface area (Å²) in [5, 5.41) is 3.52. The lowest BCUT2D eigenvalue weighted by atomic mass is 9.98. The molecule has 1 rings (SSSR count). The zero-order chi connectivity index (χ0) is 13.4. The highest BCUT2D eigenvalue weighted by molar-refractivity contribution is 5.20. The third kappa shape index (κ3) is 5.63. The van der Waals surface area contributed by atoms with Gasteiger partial charge < -0.3 is 5.32 Å². The summed E-state index contributed by atoms with van der Waals surface area (Å²) in [5.74, 6) is 0.601.